The summed E-state index contributed by atoms with van der Waals surface area (Å²) >= 11 is 0.857. The van der Waals surface area contributed by atoms with E-state index in [9.17, 15) is 14.4 Å². The lowest BCUT2D eigenvalue weighted by atomic mass is 10.1. The lowest BCUT2D eigenvalue weighted by Gasteiger charge is -2.15. The summed E-state index contributed by atoms with van der Waals surface area (Å²) < 4.78 is 15.7. The topological polar surface area (TPSA) is 107 Å². The molecule has 0 saturated carbocycles. The van der Waals surface area contributed by atoms with Gasteiger partial charge in [0.15, 0.2) is 11.5 Å². The number of pyridine rings is 1. The van der Waals surface area contributed by atoms with Crippen molar-refractivity contribution in [2.75, 3.05) is 34.4 Å². The lowest BCUT2D eigenvalue weighted by Crippen LogP contribution is -2.37. The Balaban J connectivity index is 1.64. The first kappa shape index (κ1) is 22.2. The number of benzene rings is 1. The number of thioether (sulfide) groups is 1. The zero-order valence-corrected chi connectivity index (χ0v) is 18.0. The fraction of sp³-hybridized carbons (Fsp3) is 0.238. The van der Waals surface area contributed by atoms with E-state index in [0.717, 1.165) is 22.2 Å². The van der Waals surface area contributed by atoms with Crippen LogP contribution in [0.2, 0.25) is 0 Å². The van der Waals surface area contributed by atoms with Crippen LogP contribution < -0.4 is 19.5 Å². The molecule has 0 unspecified atom stereocenters. The summed E-state index contributed by atoms with van der Waals surface area (Å²) in [5.74, 6) is 0.259. The highest BCUT2D eigenvalue weighted by Gasteiger charge is 2.34. The van der Waals surface area contributed by atoms with Crippen LogP contribution in [-0.2, 0) is 4.79 Å². The maximum atomic E-state index is 12.5. The average molecular weight is 443 g/mol. The van der Waals surface area contributed by atoms with Gasteiger partial charge in [-0.3, -0.25) is 24.3 Å². The fourth-order valence-electron chi connectivity index (χ4n) is 2.90. The first-order valence-electron chi connectivity index (χ1n) is 9.22. The van der Waals surface area contributed by atoms with Crippen molar-refractivity contribution < 1.29 is 28.6 Å². The number of nitrogens with zero attached hydrogens (tertiary/aromatic N) is 2. The number of nitrogens with one attached hydrogen (secondary N) is 1. The van der Waals surface area contributed by atoms with Gasteiger partial charge >= 0.3 is 0 Å². The minimum Gasteiger partial charge on any atom is -0.493 e. The zero-order valence-electron chi connectivity index (χ0n) is 17.2. The van der Waals surface area contributed by atoms with Crippen molar-refractivity contribution in [1.29, 1.82) is 0 Å². The number of imide groups is 1. The molecule has 2 heterocycles. The maximum Gasteiger partial charge on any atom is 0.293 e. The number of aromatic nitrogens is 1. The van der Waals surface area contributed by atoms with E-state index >= 15 is 0 Å². The van der Waals surface area contributed by atoms with Gasteiger partial charge in [0, 0.05) is 31.0 Å². The Kier molecular flexibility index (Phi) is 7.14. The molecule has 31 heavy (non-hydrogen) atoms. The largest absolute Gasteiger partial charge is 0.493 e. The molecule has 1 aliphatic rings. The van der Waals surface area contributed by atoms with Crippen LogP contribution in [0.15, 0.2) is 41.6 Å². The molecule has 2 aromatic rings. The first-order chi connectivity index (χ1) is 15.0. The van der Waals surface area contributed by atoms with E-state index in [-0.39, 0.29) is 18.3 Å². The van der Waals surface area contributed by atoms with Crippen molar-refractivity contribution in [2.24, 2.45) is 0 Å². The van der Waals surface area contributed by atoms with Crippen molar-refractivity contribution in [3.8, 4) is 17.2 Å². The highest BCUT2D eigenvalue weighted by molar-refractivity contribution is 8.18. The van der Waals surface area contributed by atoms with Crippen LogP contribution >= 0.6 is 11.8 Å². The Morgan fingerprint density at radius 2 is 1.87 bits per heavy atom. The van der Waals surface area contributed by atoms with E-state index < -0.39 is 11.8 Å². The summed E-state index contributed by atoms with van der Waals surface area (Å²) in [4.78, 5) is 42.7. The van der Waals surface area contributed by atoms with Crippen LogP contribution in [0, 0.1) is 0 Å². The van der Waals surface area contributed by atoms with Crippen LogP contribution in [0.3, 0.4) is 0 Å². The number of methoxy groups -OCH3 is 3. The number of amides is 3. The molecule has 1 N–H and O–H groups in total. The van der Waals surface area contributed by atoms with Gasteiger partial charge in [-0.25, -0.2) is 0 Å². The van der Waals surface area contributed by atoms with E-state index in [2.05, 4.69) is 10.3 Å². The van der Waals surface area contributed by atoms with Gasteiger partial charge in [-0.05, 0) is 41.6 Å². The average Bonchev–Trinajstić information content (AvgIpc) is 3.05. The third kappa shape index (κ3) is 4.97. The molecule has 3 rings (SSSR count). The molecule has 9 nitrogen and oxygen atoms in total. The Morgan fingerprint density at radius 3 is 2.45 bits per heavy atom. The third-order valence-electron chi connectivity index (χ3n) is 4.40. The van der Waals surface area contributed by atoms with Gasteiger partial charge in [0.2, 0.25) is 5.75 Å². The number of rotatable bonds is 8. The lowest BCUT2D eigenvalue weighted by molar-refractivity contribution is -0.122. The Morgan fingerprint density at radius 1 is 1.16 bits per heavy atom. The monoisotopic (exact) mass is 443 g/mol. The Labute approximate surface area is 183 Å². The SMILES string of the molecule is COc1cc(C(=O)NCCN2C(=O)S/C(=C/c3cccnc3)C2=O)cc(OC)c1OC. The van der Waals surface area contributed by atoms with Gasteiger partial charge in [-0.1, -0.05) is 6.07 Å². The second-order valence-electron chi connectivity index (χ2n) is 6.29. The van der Waals surface area contributed by atoms with Crippen molar-refractivity contribution in [3.05, 3.63) is 52.7 Å². The van der Waals surface area contributed by atoms with Crippen molar-refractivity contribution >= 4 is 34.9 Å². The number of carbonyl (C=O) groups excluding carboxylic acids is 3. The number of ether oxygens (including phenoxy) is 3. The van der Waals surface area contributed by atoms with Gasteiger partial charge in [-0.2, -0.15) is 0 Å². The molecule has 3 amide bonds. The Bertz CT molecular complexity index is 1000. The number of hydrogen-bond acceptors (Lipinski definition) is 8. The summed E-state index contributed by atoms with van der Waals surface area (Å²) in [5.41, 5.74) is 1.02. The quantitative estimate of drug-likeness (QED) is 0.621. The highest BCUT2D eigenvalue weighted by atomic mass is 32.2. The van der Waals surface area contributed by atoms with Gasteiger partial charge in [0.05, 0.1) is 26.2 Å². The minimum atomic E-state index is -0.405. The zero-order chi connectivity index (χ0) is 22.4. The molecule has 0 atom stereocenters. The molecule has 0 radical (unpaired) electrons. The molecule has 10 heteroatoms. The molecule has 1 saturated heterocycles. The molecule has 0 aliphatic carbocycles. The molecule has 1 aromatic heterocycles. The second kappa shape index (κ2) is 9.98. The predicted molar refractivity (Wildman–Crippen MR) is 115 cm³/mol. The normalized spacial score (nSPS) is 14.7. The standard InChI is InChI=1S/C21H21N3O6S/c1-28-15-10-14(11-16(29-2)18(15)30-3)19(25)23-7-8-24-20(26)17(31-21(24)27)9-13-5-4-6-22-12-13/h4-6,9-12H,7-8H2,1-3H3,(H,23,25)/b17-9+. The number of carbonyl (C=O) groups is 3. The van der Waals surface area contributed by atoms with E-state index in [1.54, 1.807) is 30.6 Å². The smallest absolute Gasteiger partial charge is 0.293 e. The van der Waals surface area contributed by atoms with Gasteiger partial charge < -0.3 is 19.5 Å². The van der Waals surface area contributed by atoms with Crippen molar-refractivity contribution in [1.82, 2.24) is 15.2 Å². The molecule has 1 aromatic carbocycles. The first-order valence-corrected chi connectivity index (χ1v) is 10.0. The highest BCUT2D eigenvalue weighted by Crippen LogP contribution is 2.38. The van der Waals surface area contributed by atoms with Crippen LogP contribution in [-0.4, -0.2) is 61.4 Å². The fourth-order valence-corrected chi connectivity index (χ4v) is 3.77. The van der Waals surface area contributed by atoms with Gasteiger partial charge in [-0.15, -0.1) is 0 Å². The van der Waals surface area contributed by atoms with Crippen molar-refractivity contribution in [3.63, 3.8) is 0 Å². The van der Waals surface area contributed by atoms with E-state index in [1.807, 2.05) is 0 Å². The molecule has 162 valence electrons. The summed E-state index contributed by atoms with van der Waals surface area (Å²) in [6.45, 7) is 0.138. The summed E-state index contributed by atoms with van der Waals surface area (Å²) in [5, 5.41) is 2.31. The van der Waals surface area contributed by atoms with E-state index in [4.69, 9.17) is 14.2 Å². The third-order valence-corrected chi connectivity index (χ3v) is 5.31. The maximum absolute atomic E-state index is 12.5. The predicted octanol–water partition coefficient (Wildman–Crippen LogP) is 2.57. The van der Waals surface area contributed by atoms with Crippen LogP contribution in [0.5, 0.6) is 17.2 Å². The molecular weight excluding hydrogens is 422 g/mol. The van der Waals surface area contributed by atoms with Crippen LogP contribution in [0.1, 0.15) is 15.9 Å². The molecule has 0 bridgehead atoms. The molecular formula is C21H21N3O6S. The van der Waals surface area contributed by atoms with E-state index in [1.165, 1.54) is 33.5 Å². The molecule has 1 fully saturated rings. The van der Waals surface area contributed by atoms with Crippen molar-refractivity contribution in [2.45, 2.75) is 0 Å². The minimum absolute atomic E-state index is 0.0468. The van der Waals surface area contributed by atoms with Gasteiger partial charge in [0.25, 0.3) is 17.1 Å². The van der Waals surface area contributed by atoms with Crippen LogP contribution in [0.25, 0.3) is 6.08 Å². The Hall–Kier alpha value is -3.53. The summed E-state index contributed by atoms with van der Waals surface area (Å²) in [6, 6.07) is 6.58. The molecule has 0 spiro atoms. The second-order valence-corrected chi connectivity index (χ2v) is 7.28. The van der Waals surface area contributed by atoms with Crippen LogP contribution in [0.4, 0.5) is 4.79 Å². The number of hydrogen-bond donors (Lipinski definition) is 1. The summed E-state index contributed by atoms with van der Waals surface area (Å²) in [7, 11) is 4.38. The van der Waals surface area contributed by atoms with E-state index in [0.29, 0.717) is 27.7 Å². The van der Waals surface area contributed by atoms with Gasteiger partial charge in [0.1, 0.15) is 0 Å². The summed E-state index contributed by atoms with van der Waals surface area (Å²) in [6.07, 6.45) is 4.84. The molecule has 1 aliphatic heterocycles.